The van der Waals surface area contributed by atoms with Crippen molar-refractivity contribution in [2.24, 2.45) is 0 Å². The summed E-state index contributed by atoms with van der Waals surface area (Å²) in [5.41, 5.74) is 1.40. The molecule has 0 N–H and O–H groups in total. The normalized spacial score (nSPS) is 11.1. The highest BCUT2D eigenvalue weighted by atomic mass is 31.1. The predicted molar refractivity (Wildman–Crippen MR) is 153 cm³/mol. The molecule has 0 heterocycles. The van der Waals surface area contributed by atoms with Crippen molar-refractivity contribution in [3.8, 4) is 0 Å². The Morgan fingerprint density at radius 1 is 0.412 bits per heavy atom. The fraction of sp³-hybridized carbons (Fsp3) is 0.0625. The van der Waals surface area contributed by atoms with Gasteiger partial charge in [-0.3, -0.25) is 0 Å². The molecule has 0 nitrogen and oxygen atoms in total. The van der Waals surface area contributed by atoms with E-state index in [2.05, 4.69) is 146 Å². The van der Waals surface area contributed by atoms with Crippen LogP contribution >= 0.6 is 15.8 Å². The maximum Gasteiger partial charge on any atom is -0.00648 e. The summed E-state index contributed by atoms with van der Waals surface area (Å²) in [6.45, 7) is 2.25. The van der Waals surface area contributed by atoms with Crippen LogP contribution in [0.15, 0.2) is 140 Å². The first-order valence-electron chi connectivity index (χ1n) is 11.8. The van der Waals surface area contributed by atoms with Crippen LogP contribution in [0.2, 0.25) is 0 Å². The van der Waals surface area contributed by atoms with Crippen LogP contribution in [0.25, 0.3) is 0 Å². The number of aryl methyl sites for hydroxylation is 1. The zero-order chi connectivity index (χ0) is 23.2. The van der Waals surface area contributed by atoms with E-state index in [1.807, 2.05) is 0 Å². The van der Waals surface area contributed by atoms with Gasteiger partial charge in [0.2, 0.25) is 0 Å². The Kier molecular flexibility index (Phi) is 7.31. The first-order chi connectivity index (χ1) is 16.8. The quantitative estimate of drug-likeness (QED) is 0.263. The molecule has 0 unspecified atom stereocenters. The van der Waals surface area contributed by atoms with Crippen LogP contribution in [-0.4, -0.2) is 0 Å². The molecule has 166 valence electrons. The summed E-state index contributed by atoms with van der Waals surface area (Å²) in [5.74, 6) is 0. The Bertz CT molecular complexity index is 1240. The Hall–Kier alpha value is -3.04. The molecule has 0 radical (unpaired) electrons. The summed E-state index contributed by atoms with van der Waals surface area (Å²) in [4.78, 5) is 0. The topological polar surface area (TPSA) is 0 Å². The van der Waals surface area contributed by atoms with E-state index in [1.54, 1.807) is 0 Å². The molecule has 0 spiro atoms. The average Bonchev–Trinajstić information content (AvgIpc) is 2.92. The fourth-order valence-corrected chi connectivity index (χ4v) is 9.63. The van der Waals surface area contributed by atoms with E-state index < -0.39 is 15.8 Å². The van der Waals surface area contributed by atoms with E-state index in [4.69, 9.17) is 0 Å². The molecule has 0 atom stereocenters. The smallest absolute Gasteiger partial charge is 0.00648 e. The molecule has 34 heavy (non-hydrogen) atoms. The summed E-state index contributed by atoms with van der Waals surface area (Å²) >= 11 is 0. The van der Waals surface area contributed by atoms with Crippen molar-refractivity contribution >= 4 is 47.7 Å². The summed E-state index contributed by atoms with van der Waals surface area (Å²) in [5, 5.41) is 8.52. The summed E-state index contributed by atoms with van der Waals surface area (Å²) < 4.78 is 0. The van der Waals surface area contributed by atoms with Gasteiger partial charge in [0.1, 0.15) is 0 Å². The van der Waals surface area contributed by atoms with Gasteiger partial charge in [0, 0.05) is 0 Å². The van der Waals surface area contributed by atoms with Gasteiger partial charge in [-0.05, 0) is 65.7 Å². The average molecular weight is 475 g/mol. The lowest BCUT2D eigenvalue weighted by Gasteiger charge is -2.28. The molecule has 0 aliphatic rings. The molecule has 0 fully saturated rings. The van der Waals surface area contributed by atoms with Gasteiger partial charge in [-0.1, -0.05) is 140 Å². The molecule has 5 rings (SSSR count). The monoisotopic (exact) mass is 474 g/mol. The molecule has 0 aromatic heterocycles. The molecule has 5 aromatic carbocycles. The van der Waals surface area contributed by atoms with Gasteiger partial charge in [0.25, 0.3) is 0 Å². The third kappa shape index (κ3) is 4.90. The largest absolute Gasteiger partial charge is 0.0622 e. The van der Waals surface area contributed by atoms with Crippen LogP contribution in [0.4, 0.5) is 0 Å². The van der Waals surface area contributed by atoms with Gasteiger partial charge in [-0.15, -0.1) is 0 Å². The molecular weight excluding hydrogens is 446 g/mol. The van der Waals surface area contributed by atoms with E-state index >= 15 is 0 Å². The lowest BCUT2D eigenvalue weighted by Crippen LogP contribution is -2.35. The van der Waals surface area contributed by atoms with Crippen LogP contribution in [0, 0.1) is 0 Å². The van der Waals surface area contributed by atoms with Crippen molar-refractivity contribution < 1.29 is 0 Å². The second kappa shape index (κ2) is 10.9. The summed E-state index contributed by atoms with van der Waals surface area (Å²) in [6, 6.07) is 51.5. The van der Waals surface area contributed by atoms with E-state index in [9.17, 15) is 0 Å². The highest BCUT2D eigenvalue weighted by Crippen LogP contribution is 2.39. The van der Waals surface area contributed by atoms with Crippen molar-refractivity contribution in [2.45, 2.75) is 13.3 Å². The molecule has 0 amide bonds. The van der Waals surface area contributed by atoms with Crippen molar-refractivity contribution in [1.82, 2.24) is 0 Å². The van der Waals surface area contributed by atoms with E-state index in [1.165, 1.54) is 37.4 Å². The van der Waals surface area contributed by atoms with Crippen molar-refractivity contribution in [2.75, 3.05) is 0 Å². The Morgan fingerprint density at radius 2 is 0.765 bits per heavy atom. The molecule has 0 saturated heterocycles. The third-order valence-electron chi connectivity index (χ3n) is 5.99. The molecule has 0 saturated carbocycles. The first kappa shape index (κ1) is 22.7. The van der Waals surface area contributed by atoms with Crippen LogP contribution in [0.1, 0.15) is 12.5 Å². The molecule has 0 aliphatic carbocycles. The van der Waals surface area contributed by atoms with Crippen molar-refractivity contribution in [3.63, 3.8) is 0 Å². The Labute approximate surface area is 205 Å². The van der Waals surface area contributed by atoms with E-state index in [-0.39, 0.29) is 0 Å². The van der Waals surface area contributed by atoms with Gasteiger partial charge >= 0.3 is 0 Å². The predicted octanol–water partition coefficient (Wildman–Crippen LogP) is 5.77. The highest BCUT2D eigenvalue weighted by molar-refractivity contribution is 7.85. The van der Waals surface area contributed by atoms with Gasteiger partial charge in [-0.25, -0.2) is 0 Å². The standard InChI is InChI=1S/C32H28P2/c1-2-26-23-24-31(33(27-15-7-3-8-16-27)28-17-9-4-10-18-28)32(25-26)34(29-19-11-5-12-20-29)30-21-13-6-14-22-30/h3-25H,2H2,1H3. The highest BCUT2D eigenvalue weighted by Gasteiger charge is 2.25. The number of hydrogen-bond donors (Lipinski definition) is 0. The number of hydrogen-bond acceptors (Lipinski definition) is 0. The molecule has 2 heteroatoms. The van der Waals surface area contributed by atoms with Gasteiger partial charge < -0.3 is 0 Å². The minimum atomic E-state index is -0.686. The maximum atomic E-state index is 2.49. The molecule has 0 aliphatic heterocycles. The van der Waals surface area contributed by atoms with Crippen LogP contribution in [-0.2, 0) is 6.42 Å². The summed E-state index contributed by atoms with van der Waals surface area (Å²) in [6.07, 6.45) is 1.04. The van der Waals surface area contributed by atoms with Crippen LogP contribution in [0.3, 0.4) is 0 Å². The van der Waals surface area contributed by atoms with E-state index in [0.29, 0.717) is 0 Å². The fourth-order valence-electron chi connectivity index (χ4n) is 4.32. The van der Waals surface area contributed by atoms with E-state index in [0.717, 1.165) is 6.42 Å². The minimum Gasteiger partial charge on any atom is -0.0622 e. The van der Waals surface area contributed by atoms with Crippen LogP contribution < -0.4 is 31.8 Å². The minimum absolute atomic E-state index is 0.681. The summed E-state index contributed by atoms with van der Waals surface area (Å²) in [7, 11) is -1.37. The molecule has 5 aromatic rings. The zero-order valence-electron chi connectivity index (χ0n) is 19.4. The zero-order valence-corrected chi connectivity index (χ0v) is 21.2. The van der Waals surface area contributed by atoms with Gasteiger partial charge in [-0.2, -0.15) is 0 Å². The molecule has 0 bridgehead atoms. The SMILES string of the molecule is CCc1ccc(P(c2ccccc2)c2ccccc2)c(P(c2ccccc2)c2ccccc2)c1. The lowest BCUT2D eigenvalue weighted by atomic mass is 10.2. The maximum absolute atomic E-state index is 2.49. The number of rotatable bonds is 7. The Morgan fingerprint density at radius 3 is 1.12 bits per heavy atom. The third-order valence-corrected chi connectivity index (χ3v) is 11.1. The second-order valence-electron chi connectivity index (χ2n) is 8.19. The first-order valence-corrected chi connectivity index (χ1v) is 14.5. The molecular formula is C32H28P2. The van der Waals surface area contributed by atoms with Crippen molar-refractivity contribution in [3.05, 3.63) is 145 Å². The van der Waals surface area contributed by atoms with Gasteiger partial charge in [0.15, 0.2) is 0 Å². The second-order valence-corrected chi connectivity index (χ2v) is 12.6. The van der Waals surface area contributed by atoms with Crippen LogP contribution in [0.5, 0.6) is 0 Å². The Balaban J connectivity index is 1.79. The van der Waals surface area contributed by atoms with Gasteiger partial charge in [0.05, 0.1) is 0 Å². The number of benzene rings is 5. The van der Waals surface area contributed by atoms with Crippen molar-refractivity contribution in [1.29, 1.82) is 0 Å². The lowest BCUT2D eigenvalue weighted by molar-refractivity contribution is 1.15.